The molecule has 0 aliphatic rings. The monoisotopic (exact) mass is 212 g/mol. The molecular formula is C10H17FN4. The Morgan fingerprint density at radius 1 is 1.60 bits per heavy atom. The van der Waals surface area contributed by atoms with E-state index in [0.717, 1.165) is 25.5 Å². The van der Waals surface area contributed by atoms with Gasteiger partial charge in [0.05, 0.1) is 6.20 Å². The lowest BCUT2D eigenvalue weighted by Gasteiger charge is -2.14. The first-order valence-electron chi connectivity index (χ1n) is 5.18. The van der Waals surface area contributed by atoms with E-state index in [-0.39, 0.29) is 17.8 Å². The smallest absolute Gasteiger partial charge is 0.222 e. The molecule has 0 radical (unpaired) electrons. The van der Waals surface area contributed by atoms with Crippen LogP contribution in [-0.4, -0.2) is 16.0 Å². The Morgan fingerprint density at radius 3 is 3.00 bits per heavy atom. The highest BCUT2D eigenvalue weighted by atomic mass is 19.1. The van der Waals surface area contributed by atoms with Crippen LogP contribution in [0.15, 0.2) is 6.20 Å². The van der Waals surface area contributed by atoms with Gasteiger partial charge in [-0.2, -0.15) is 4.98 Å². The van der Waals surface area contributed by atoms with E-state index in [1.54, 1.807) is 0 Å². The van der Waals surface area contributed by atoms with E-state index >= 15 is 0 Å². The molecule has 0 fully saturated rings. The van der Waals surface area contributed by atoms with Crippen molar-refractivity contribution in [2.24, 2.45) is 0 Å². The summed E-state index contributed by atoms with van der Waals surface area (Å²) in [4.78, 5) is 7.36. The summed E-state index contributed by atoms with van der Waals surface area (Å²) in [7, 11) is 0. The number of anilines is 2. The van der Waals surface area contributed by atoms with E-state index in [1.807, 2.05) is 6.92 Å². The molecule has 4 nitrogen and oxygen atoms in total. The second kappa shape index (κ2) is 5.48. The number of rotatable bonds is 5. The third-order valence-electron chi connectivity index (χ3n) is 2.14. The van der Waals surface area contributed by atoms with Crippen molar-refractivity contribution in [3.8, 4) is 0 Å². The lowest BCUT2D eigenvalue weighted by Crippen LogP contribution is -2.17. The molecular weight excluding hydrogens is 195 g/mol. The summed E-state index contributed by atoms with van der Waals surface area (Å²) in [5.74, 6) is -0.194. The predicted molar refractivity (Wildman–Crippen MR) is 59.0 cm³/mol. The van der Waals surface area contributed by atoms with Gasteiger partial charge in [0.15, 0.2) is 11.6 Å². The zero-order valence-corrected chi connectivity index (χ0v) is 9.13. The van der Waals surface area contributed by atoms with Gasteiger partial charge in [-0.25, -0.2) is 9.37 Å². The zero-order valence-electron chi connectivity index (χ0n) is 9.13. The molecule has 0 aromatic carbocycles. The summed E-state index contributed by atoms with van der Waals surface area (Å²) in [5, 5.41) is 2.98. The number of nitrogens with one attached hydrogen (secondary N) is 1. The van der Waals surface area contributed by atoms with E-state index < -0.39 is 5.82 Å². The van der Waals surface area contributed by atoms with Crippen LogP contribution in [-0.2, 0) is 0 Å². The van der Waals surface area contributed by atoms with E-state index in [9.17, 15) is 4.39 Å². The maximum absolute atomic E-state index is 13.2. The Bertz CT molecular complexity index is 316. The zero-order chi connectivity index (χ0) is 11.3. The van der Waals surface area contributed by atoms with Crippen LogP contribution in [0.2, 0.25) is 0 Å². The summed E-state index contributed by atoms with van der Waals surface area (Å²) < 4.78 is 13.2. The first kappa shape index (κ1) is 11.7. The third-order valence-corrected chi connectivity index (χ3v) is 2.14. The topological polar surface area (TPSA) is 63.8 Å². The van der Waals surface area contributed by atoms with Gasteiger partial charge in [0, 0.05) is 6.04 Å². The van der Waals surface area contributed by atoms with E-state index in [4.69, 9.17) is 5.73 Å². The Hall–Kier alpha value is -1.39. The van der Waals surface area contributed by atoms with Crippen molar-refractivity contribution in [2.45, 2.75) is 39.2 Å². The minimum absolute atomic E-state index is 0.0848. The van der Waals surface area contributed by atoms with E-state index in [1.165, 1.54) is 0 Å². The van der Waals surface area contributed by atoms with Crippen LogP contribution < -0.4 is 11.1 Å². The van der Waals surface area contributed by atoms with Gasteiger partial charge in [-0.05, 0) is 13.3 Å². The molecule has 3 N–H and O–H groups in total. The molecule has 15 heavy (non-hydrogen) atoms. The minimum atomic E-state index is -0.465. The van der Waals surface area contributed by atoms with Gasteiger partial charge in [-0.3, -0.25) is 0 Å². The number of hydrogen-bond acceptors (Lipinski definition) is 4. The lowest BCUT2D eigenvalue weighted by molar-refractivity contribution is 0.601. The first-order chi connectivity index (χ1) is 7.13. The normalized spacial score (nSPS) is 12.5. The molecule has 0 saturated heterocycles. The van der Waals surface area contributed by atoms with Crippen molar-refractivity contribution in [1.29, 1.82) is 0 Å². The molecule has 1 rings (SSSR count). The van der Waals surface area contributed by atoms with Crippen molar-refractivity contribution in [2.75, 3.05) is 11.1 Å². The van der Waals surface area contributed by atoms with Gasteiger partial charge >= 0.3 is 0 Å². The molecule has 1 aromatic heterocycles. The third kappa shape index (κ3) is 3.69. The molecule has 1 unspecified atom stereocenters. The van der Waals surface area contributed by atoms with Gasteiger partial charge in [0.1, 0.15) is 0 Å². The number of halogens is 1. The van der Waals surface area contributed by atoms with Crippen molar-refractivity contribution in [1.82, 2.24) is 9.97 Å². The SMILES string of the molecule is CCCCC(C)Nc1nc(N)ncc1F. The predicted octanol–water partition coefficient (Wildman–Crippen LogP) is 2.19. The lowest BCUT2D eigenvalue weighted by atomic mass is 10.1. The van der Waals surface area contributed by atoms with Crippen molar-refractivity contribution >= 4 is 11.8 Å². The number of nitrogens with zero attached hydrogens (tertiary/aromatic N) is 2. The van der Waals surface area contributed by atoms with Crippen LogP contribution >= 0.6 is 0 Å². The maximum atomic E-state index is 13.2. The van der Waals surface area contributed by atoms with Gasteiger partial charge in [-0.1, -0.05) is 19.8 Å². The van der Waals surface area contributed by atoms with Crippen molar-refractivity contribution < 1.29 is 4.39 Å². The summed E-state index contributed by atoms with van der Waals surface area (Å²) >= 11 is 0. The summed E-state index contributed by atoms with van der Waals surface area (Å²) in [6, 6.07) is 0.189. The van der Waals surface area contributed by atoms with Crippen LogP contribution in [0.1, 0.15) is 33.1 Å². The molecule has 1 aromatic rings. The Labute approximate surface area is 89.1 Å². The Kier molecular flexibility index (Phi) is 4.27. The number of unbranched alkanes of at least 4 members (excludes halogenated alkanes) is 1. The van der Waals surface area contributed by atoms with Gasteiger partial charge in [0.25, 0.3) is 0 Å². The fourth-order valence-electron chi connectivity index (χ4n) is 1.30. The average Bonchev–Trinajstić information content (AvgIpc) is 2.20. The van der Waals surface area contributed by atoms with Gasteiger partial charge in [0.2, 0.25) is 5.95 Å². The van der Waals surface area contributed by atoms with Crippen LogP contribution in [0.3, 0.4) is 0 Å². The molecule has 0 saturated carbocycles. The quantitative estimate of drug-likeness (QED) is 0.785. The number of aromatic nitrogens is 2. The molecule has 5 heteroatoms. The standard InChI is InChI=1S/C10H17FN4/c1-3-4-5-7(2)14-9-8(11)6-13-10(12)15-9/h6-7H,3-5H2,1-2H3,(H3,12,13,14,15). The second-order valence-corrected chi connectivity index (χ2v) is 3.61. The largest absolute Gasteiger partial charge is 0.368 e. The molecule has 84 valence electrons. The van der Waals surface area contributed by atoms with Crippen LogP contribution in [0.4, 0.5) is 16.2 Å². The van der Waals surface area contributed by atoms with E-state index in [2.05, 4.69) is 22.2 Å². The fraction of sp³-hybridized carbons (Fsp3) is 0.600. The summed E-state index contributed by atoms with van der Waals surface area (Å²) in [5.41, 5.74) is 5.37. The van der Waals surface area contributed by atoms with Crippen molar-refractivity contribution in [3.05, 3.63) is 12.0 Å². The molecule has 0 aliphatic carbocycles. The second-order valence-electron chi connectivity index (χ2n) is 3.61. The molecule has 0 bridgehead atoms. The molecule has 1 atom stereocenters. The average molecular weight is 212 g/mol. The molecule has 0 amide bonds. The summed E-state index contributed by atoms with van der Waals surface area (Å²) in [6.07, 6.45) is 4.30. The number of hydrogen-bond donors (Lipinski definition) is 2. The molecule has 0 spiro atoms. The Morgan fingerprint density at radius 2 is 2.33 bits per heavy atom. The van der Waals surface area contributed by atoms with E-state index in [0.29, 0.717) is 0 Å². The Balaban J connectivity index is 2.59. The van der Waals surface area contributed by atoms with Gasteiger partial charge in [-0.15, -0.1) is 0 Å². The fourth-order valence-corrected chi connectivity index (χ4v) is 1.30. The first-order valence-corrected chi connectivity index (χ1v) is 5.18. The highest BCUT2D eigenvalue weighted by Gasteiger charge is 2.08. The highest BCUT2D eigenvalue weighted by molar-refractivity contribution is 5.39. The molecule has 1 heterocycles. The summed E-state index contributed by atoms with van der Waals surface area (Å²) in [6.45, 7) is 4.11. The van der Waals surface area contributed by atoms with Crippen LogP contribution in [0.25, 0.3) is 0 Å². The maximum Gasteiger partial charge on any atom is 0.222 e. The minimum Gasteiger partial charge on any atom is -0.368 e. The van der Waals surface area contributed by atoms with Crippen molar-refractivity contribution in [3.63, 3.8) is 0 Å². The highest BCUT2D eigenvalue weighted by Crippen LogP contribution is 2.13. The number of nitrogen functional groups attached to an aromatic ring is 1. The van der Waals surface area contributed by atoms with Crippen LogP contribution in [0, 0.1) is 5.82 Å². The van der Waals surface area contributed by atoms with Crippen LogP contribution in [0.5, 0.6) is 0 Å². The number of nitrogens with two attached hydrogens (primary N) is 1. The molecule has 0 aliphatic heterocycles. The van der Waals surface area contributed by atoms with Gasteiger partial charge < -0.3 is 11.1 Å².